The molecule has 3 atom stereocenters. The fraction of sp³-hybridized carbons (Fsp3) is 0.846. The van der Waals surface area contributed by atoms with E-state index in [2.05, 4.69) is 17.1 Å². The van der Waals surface area contributed by atoms with Crippen molar-refractivity contribution in [1.29, 1.82) is 0 Å². The number of hydrogen-bond acceptors (Lipinski definition) is 3. The number of rotatable bonds is 6. The fourth-order valence-corrected chi connectivity index (χ4v) is 2.51. The van der Waals surface area contributed by atoms with E-state index in [0.29, 0.717) is 25.3 Å². The topological polar surface area (TPSA) is 69.6 Å². The molecule has 1 saturated carbocycles. The zero-order valence-corrected chi connectivity index (χ0v) is 11.5. The van der Waals surface area contributed by atoms with Crippen LogP contribution in [0.4, 0.5) is 0 Å². The number of hydrogen-bond donors (Lipinski definition) is 2. The molecule has 0 spiro atoms. The van der Waals surface area contributed by atoms with Crippen molar-refractivity contribution in [2.45, 2.75) is 26.7 Å². The Balaban J connectivity index is 2.43. The zero-order chi connectivity index (χ0) is 13.7. The lowest BCUT2D eigenvalue weighted by Gasteiger charge is -2.18. The van der Waals surface area contributed by atoms with Gasteiger partial charge >= 0.3 is 5.97 Å². The van der Waals surface area contributed by atoms with E-state index in [1.807, 2.05) is 14.0 Å². The summed E-state index contributed by atoms with van der Waals surface area (Å²) in [5, 5.41) is 12.0. The molecule has 0 aromatic heterocycles. The van der Waals surface area contributed by atoms with E-state index < -0.39 is 11.9 Å². The Labute approximate surface area is 109 Å². The first-order valence-corrected chi connectivity index (χ1v) is 6.64. The average molecular weight is 256 g/mol. The molecule has 0 aromatic rings. The van der Waals surface area contributed by atoms with Crippen LogP contribution in [0, 0.1) is 17.8 Å². The van der Waals surface area contributed by atoms with Crippen LogP contribution in [0.15, 0.2) is 0 Å². The van der Waals surface area contributed by atoms with Gasteiger partial charge < -0.3 is 15.3 Å². The second kappa shape index (κ2) is 6.73. The van der Waals surface area contributed by atoms with Crippen LogP contribution in [0.3, 0.4) is 0 Å². The maximum Gasteiger partial charge on any atom is 0.307 e. The van der Waals surface area contributed by atoms with Crippen LogP contribution in [0.25, 0.3) is 0 Å². The first-order valence-electron chi connectivity index (χ1n) is 6.64. The molecule has 5 heteroatoms. The third-order valence-electron chi connectivity index (χ3n) is 3.78. The molecule has 1 rings (SSSR count). The normalized spacial score (nSPS) is 27.4. The van der Waals surface area contributed by atoms with Gasteiger partial charge in [0.05, 0.1) is 11.8 Å². The number of carbonyl (C=O) groups is 2. The van der Waals surface area contributed by atoms with Gasteiger partial charge in [-0.15, -0.1) is 0 Å². The number of aliphatic carboxylic acids is 1. The minimum absolute atomic E-state index is 0.101. The first kappa shape index (κ1) is 15.0. The van der Waals surface area contributed by atoms with E-state index in [-0.39, 0.29) is 11.8 Å². The maximum atomic E-state index is 12.0. The van der Waals surface area contributed by atoms with Crippen LogP contribution in [0.5, 0.6) is 0 Å². The average Bonchev–Trinajstić information content (AvgIpc) is 2.71. The largest absolute Gasteiger partial charge is 0.481 e. The SMILES string of the molecule is CCN(C)CCNC(=O)[C@H]1CC(C)C[C@H]1C(=O)O. The van der Waals surface area contributed by atoms with Crippen LogP contribution >= 0.6 is 0 Å². The molecular formula is C13H24N2O3. The third kappa shape index (κ3) is 3.98. The lowest BCUT2D eigenvalue weighted by molar-refractivity contribution is -0.146. The Morgan fingerprint density at radius 3 is 2.50 bits per heavy atom. The van der Waals surface area contributed by atoms with Gasteiger partial charge in [0.15, 0.2) is 0 Å². The molecule has 5 nitrogen and oxygen atoms in total. The molecule has 0 aliphatic heterocycles. The molecule has 104 valence electrons. The highest BCUT2D eigenvalue weighted by Gasteiger charge is 2.40. The van der Waals surface area contributed by atoms with Gasteiger partial charge in [-0.05, 0) is 32.4 Å². The van der Waals surface area contributed by atoms with Gasteiger partial charge in [-0.2, -0.15) is 0 Å². The van der Waals surface area contributed by atoms with Crippen LogP contribution in [-0.4, -0.2) is 48.6 Å². The van der Waals surface area contributed by atoms with Gasteiger partial charge in [0.1, 0.15) is 0 Å². The van der Waals surface area contributed by atoms with Crippen molar-refractivity contribution in [2.24, 2.45) is 17.8 Å². The van der Waals surface area contributed by atoms with E-state index in [1.54, 1.807) is 0 Å². The van der Waals surface area contributed by atoms with E-state index in [9.17, 15) is 9.59 Å². The van der Waals surface area contributed by atoms with Crippen molar-refractivity contribution in [2.75, 3.05) is 26.7 Å². The van der Waals surface area contributed by atoms with Crippen molar-refractivity contribution < 1.29 is 14.7 Å². The predicted molar refractivity (Wildman–Crippen MR) is 69.2 cm³/mol. The van der Waals surface area contributed by atoms with Gasteiger partial charge in [-0.1, -0.05) is 13.8 Å². The molecule has 0 radical (unpaired) electrons. The van der Waals surface area contributed by atoms with Gasteiger partial charge in [-0.25, -0.2) is 0 Å². The van der Waals surface area contributed by atoms with Crippen molar-refractivity contribution in [3.05, 3.63) is 0 Å². The highest BCUT2D eigenvalue weighted by atomic mass is 16.4. The monoisotopic (exact) mass is 256 g/mol. The second-order valence-electron chi connectivity index (χ2n) is 5.31. The van der Waals surface area contributed by atoms with Gasteiger partial charge in [0.25, 0.3) is 0 Å². The van der Waals surface area contributed by atoms with Crippen LogP contribution < -0.4 is 5.32 Å². The number of carbonyl (C=O) groups excluding carboxylic acids is 1. The molecule has 1 aliphatic carbocycles. The summed E-state index contributed by atoms with van der Waals surface area (Å²) >= 11 is 0. The number of nitrogens with one attached hydrogen (secondary N) is 1. The van der Waals surface area contributed by atoms with Crippen LogP contribution in [0.1, 0.15) is 26.7 Å². The zero-order valence-electron chi connectivity index (χ0n) is 11.5. The molecule has 0 saturated heterocycles. The Hall–Kier alpha value is -1.10. The minimum atomic E-state index is -0.842. The molecule has 18 heavy (non-hydrogen) atoms. The Kier molecular flexibility index (Phi) is 5.59. The Morgan fingerprint density at radius 2 is 1.94 bits per heavy atom. The molecular weight excluding hydrogens is 232 g/mol. The highest BCUT2D eigenvalue weighted by molar-refractivity contribution is 5.85. The number of nitrogens with zero attached hydrogens (tertiary/aromatic N) is 1. The van der Waals surface area contributed by atoms with Crippen molar-refractivity contribution in [3.63, 3.8) is 0 Å². The summed E-state index contributed by atoms with van der Waals surface area (Å²) in [5.74, 6) is -1.49. The summed E-state index contributed by atoms with van der Waals surface area (Å²) in [7, 11) is 1.99. The summed E-state index contributed by atoms with van der Waals surface area (Å²) in [4.78, 5) is 25.2. The number of carboxylic acids is 1. The molecule has 1 aliphatic rings. The summed E-state index contributed by atoms with van der Waals surface area (Å²) in [6.07, 6.45) is 1.30. The van der Waals surface area contributed by atoms with Crippen LogP contribution in [0.2, 0.25) is 0 Å². The lowest BCUT2D eigenvalue weighted by atomic mass is 9.95. The van der Waals surface area contributed by atoms with E-state index in [4.69, 9.17) is 5.11 Å². The molecule has 2 N–H and O–H groups in total. The van der Waals surface area contributed by atoms with Gasteiger partial charge in [0, 0.05) is 13.1 Å². The van der Waals surface area contributed by atoms with Gasteiger partial charge in [-0.3, -0.25) is 9.59 Å². The smallest absolute Gasteiger partial charge is 0.307 e. The standard InChI is InChI=1S/C13H24N2O3/c1-4-15(3)6-5-14-12(16)10-7-9(2)8-11(10)13(17)18/h9-11H,4-8H2,1-3H3,(H,14,16)(H,17,18)/t9?,10-,11+/m0/s1. The molecule has 1 fully saturated rings. The number of carboxylic acid groups (broad SMARTS) is 1. The second-order valence-corrected chi connectivity index (χ2v) is 5.31. The van der Waals surface area contributed by atoms with Crippen molar-refractivity contribution in [3.8, 4) is 0 Å². The summed E-state index contributed by atoms with van der Waals surface area (Å²) < 4.78 is 0. The first-order chi connectivity index (χ1) is 8.45. The Bertz CT molecular complexity index is 307. The summed E-state index contributed by atoms with van der Waals surface area (Å²) in [5.41, 5.74) is 0. The number of amides is 1. The van der Waals surface area contributed by atoms with Crippen molar-refractivity contribution >= 4 is 11.9 Å². The van der Waals surface area contributed by atoms with E-state index in [1.165, 1.54) is 0 Å². The predicted octanol–water partition coefficient (Wildman–Crippen LogP) is 0.801. The highest BCUT2D eigenvalue weighted by Crippen LogP contribution is 2.36. The molecule has 1 unspecified atom stereocenters. The van der Waals surface area contributed by atoms with Crippen LogP contribution in [-0.2, 0) is 9.59 Å². The summed E-state index contributed by atoms with van der Waals surface area (Å²) in [6, 6.07) is 0. The van der Waals surface area contributed by atoms with E-state index in [0.717, 1.165) is 13.1 Å². The van der Waals surface area contributed by atoms with Gasteiger partial charge in [0.2, 0.25) is 5.91 Å². The quantitative estimate of drug-likeness (QED) is 0.737. The summed E-state index contributed by atoms with van der Waals surface area (Å²) in [6.45, 7) is 6.38. The van der Waals surface area contributed by atoms with Crippen molar-refractivity contribution in [1.82, 2.24) is 10.2 Å². The molecule has 0 aromatic carbocycles. The fourth-order valence-electron chi connectivity index (χ4n) is 2.51. The number of likely N-dealkylation sites (N-methyl/N-ethyl adjacent to an activating group) is 1. The maximum absolute atomic E-state index is 12.0. The Morgan fingerprint density at radius 1 is 1.33 bits per heavy atom. The molecule has 0 bridgehead atoms. The lowest BCUT2D eigenvalue weighted by Crippen LogP contribution is -2.39. The minimum Gasteiger partial charge on any atom is -0.481 e. The third-order valence-corrected chi connectivity index (χ3v) is 3.78. The molecule has 1 amide bonds. The molecule has 0 heterocycles. The van der Waals surface area contributed by atoms with E-state index >= 15 is 0 Å².